The Labute approximate surface area is 177 Å². The standard InChI is InChI=1S/C23H34N2O3S/c1-2-29(26)21-8-12-24(13-9-21)20-6-7-22-18(16-20)17-27-23(28-22)10-14-25(15-11-23)19-4-3-5-19/h6-7,16,19,21H,2-5,8-15,17H2,1H3. The Kier molecular flexibility index (Phi) is 5.61. The quantitative estimate of drug-likeness (QED) is 0.746. The molecule has 1 spiro atoms. The van der Waals surface area contributed by atoms with E-state index in [2.05, 4.69) is 28.0 Å². The van der Waals surface area contributed by atoms with Crippen LogP contribution in [-0.2, 0) is 22.1 Å². The van der Waals surface area contributed by atoms with E-state index in [1.165, 1.54) is 24.9 Å². The molecule has 1 aliphatic carbocycles. The summed E-state index contributed by atoms with van der Waals surface area (Å²) in [7, 11) is -0.666. The fourth-order valence-electron chi connectivity index (χ4n) is 5.25. The fourth-order valence-corrected chi connectivity index (χ4v) is 6.46. The van der Waals surface area contributed by atoms with Crippen LogP contribution >= 0.6 is 0 Å². The van der Waals surface area contributed by atoms with Crippen LogP contribution < -0.4 is 9.64 Å². The van der Waals surface area contributed by atoms with Crippen molar-refractivity contribution in [2.45, 2.75) is 75.6 Å². The highest BCUT2D eigenvalue weighted by Crippen LogP contribution is 2.40. The first-order valence-corrected chi connectivity index (χ1v) is 12.9. The summed E-state index contributed by atoms with van der Waals surface area (Å²) < 4.78 is 24.8. The fraction of sp³-hybridized carbons (Fsp3) is 0.739. The van der Waals surface area contributed by atoms with Crippen LogP contribution in [0.2, 0.25) is 0 Å². The van der Waals surface area contributed by atoms with Crippen molar-refractivity contribution in [1.82, 2.24) is 4.90 Å². The number of hydrogen-bond donors (Lipinski definition) is 0. The summed E-state index contributed by atoms with van der Waals surface area (Å²) in [6, 6.07) is 7.38. The summed E-state index contributed by atoms with van der Waals surface area (Å²) in [5.74, 6) is 1.36. The van der Waals surface area contributed by atoms with Crippen LogP contribution in [-0.4, -0.2) is 58.1 Å². The topological polar surface area (TPSA) is 42.0 Å². The monoisotopic (exact) mass is 418 g/mol. The minimum absolute atomic E-state index is 0.367. The zero-order valence-corrected chi connectivity index (χ0v) is 18.4. The third-order valence-electron chi connectivity index (χ3n) is 7.45. The SMILES string of the molecule is CCS(=O)C1CCN(c2ccc3c(c2)COC2(CCN(C4CCC4)CC2)O3)CC1. The lowest BCUT2D eigenvalue weighted by Crippen LogP contribution is -2.54. The predicted molar refractivity (Wildman–Crippen MR) is 117 cm³/mol. The van der Waals surface area contributed by atoms with Crippen LogP contribution in [0.25, 0.3) is 0 Å². The molecule has 2 saturated heterocycles. The summed E-state index contributed by atoms with van der Waals surface area (Å²) in [5, 5.41) is 0.367. The van der Waals surface area contributed by atoms with Gasteiger partial charge in [-0.05, 0) is 43.9 Å². The van der Waals surface area contributed by atoms with E-state index in [0.29, 0.717) is 11.9 Å². The Hall–Kier alpha value is -1.11. The molecule has 4 aliphatic rings. The minimum Gasteiger partial charge on any atom is -0.462 e. The van der Waals surface area contributed by atoms with Gasteiger partial charge in [-0.25, -0.2) is 0 Å². The van der Waals surface area contributed by atoms with Gasteiger partial charge >= 0.3 is 0 Å². The molecule has 5 rings (SSSR count). The minimum atomic E-state index is -0.666. The molecule has 0 aromatic heterocycles. The molecule has 3 aliphatic heterocycles. The van der Waals surface area contributed by atoms with E-state index >= 15 is 0 Å². The lowest BCUT2D eigenvalue weighted by molar-refractivity contribution is -0.231. The summed E-state index contributed by atoms with van der Waals surface area (Å²) in [5.41, 5.74) is 2.40. The number of nitrogens with zero attached hydrogens (tertiary/aromatic N) is 2. The predicted octanol–water partition coefficient (Wildman–Crippen LogP) is 3.68. The van der Waals surface area contributed by atoms with Crippen molar-refractivity contribution in [2.75, 3.05) is 36.8 Å². The van der Waals surface area contributed by atoms with Crippen molar-refractivity contribution >= 4 is 16.5 Å². The lowest BCUT2D eigenvalue weighted by Gasteiger charge is -2.47. The van der Waals surface area contributed by atoms with E-state index in [-0.39, 0.29) is 0 Å². The summed E-state index contributed by atoms with van der Waals surface area (Å²) in [4.78, 5) is 5.06. The van der Waals surface area contributed by atoms with Gasteiger partial charge in [-0.1, -0.05) is 13.3 Å². The molecule has 5 nitrogen and oxygen atoms in total. The van der Waals surface area contributed by atoms with Gasteiger partial charge in [-0.3, -0.25) is 9.11 Å². The van der Waals surface area contributed by atoms with Crippen LogP contribution in [0.15, 0.2) is 18.2 Å². The molecule has 0 amide bonds. The number of piperidine rings is 2. The van der Waals surface area contributed by atoms with Gasteiger partial charge in [0.1, 0.15) is 5.75 Å². The number of benzene rings is 1. The number of anilines is 1. The highest BCUT2D eigenvalue weighted by Gasteiger charge is 2.42. The van der Waals surface area contributed by atoms with Crippen LogP contribution in [0.5, 0.6) is 5.75 Å². The third-order valence-corrected chi connectivity index (χ3v) is 9.23. The Morgan fingerprint density at radius 2 is 1.86 bits per heavy atom. The van der Waals surface area contributed by atoms with Crippen LogP contribution in [0, 0.1) is 0 Å². The van der Waals surface area contributed by atoms with E-state index in [9.17, 15) is 4.21 Å². The number of likely N-dealkylation sites (tertiary alicyclic amines) is 1. The van der Waals surface area contributed by atoms with Gasteiger partial charge < -0.3 is 14.4 Å². The van der Waals surface area contributed by atoms with Crippen LogP contribution in [0.4, 0.5) is 5.69 Å². The molecule has 1 unspecified atom stereocenters. The highest BCUT2D eigenvalue weighted by atomic mass is 32.2. The Bertz CT molecular complexity index is 750. The Morgan fingerprint density at radius 3 is 2.52 bits per heavy atom. The molecule has 3 heterocycles. The van der Waals surface area contributed by atoms with E-state index in [1.807, 2.05) is 6.92 Å². The average molecular weight is 419 g/mol. The molecule has 0 radical (unpaired) electrons. The number of hydrogen-bond acceptors (Lipinski definition) is 5. The normalized spacial score (nSPS) is 26.6. The second kappa shape index (κ2) is 8.20. The van der Waals surface area contributed by atoms with E-state index in [0.717, 1.165) is 75.0 Å². The zero-order valence-electron chi connectivity index (χ0n) is 17.6. The maximum atomic E-state index is 12.1. The number of ether oxygens (including phenoxy) is 2. The van der Waals surface area contributed by atoms with E-state index in [4.69, 9.17) is 9.47 Å². The molecule has 1 aromatic carbocycles. The Morgan fingerprint density at radius 1 is 1.10 bits per heavy atom. The highest BCUT2D eigenvalue weighted by molar-refractivity contribution is 7.85. The van der Waals surface area contributed by atoms with E-state index < -0.39 is 16.6 Å². The van der Waals surface area contributed by atoms with Gasteiger partial charge in [-0.2, -0.15) is 0 Å². The molecule has 1 aromatic rings. The second-order valence-corrected chi connectivity index (χ2v) is 11.1. The molecule has 29 heavy (non-hydrogen) atoms. The molecule has 6 heteroatoms. The summed E-state index contributed by atoms with van der Waals surface area (Å²) >= 11 is 0. The Balaban J connectivity index is 1.21. The molecule has 0 N–H and O–H groups in total. The number of fused-ring (bicyclic) bond motifs is 1. The van der Waals surface area contributed by atoms with Crippen molar-refractivity contribution in [2.24, 2.45) is 0 Å². The van der Waals surface area contributed by atoms with Crippen molar-refractivity contribution in [3.63, 3.8) is 0 Å². The molecular weight excluding hydrogens is 384 g/mol. The van der Waals surface area contributed by atoms with Crippen molar-refractivity contribution in [3.8, 4) is 5.75 Å². The number of rotatable bonds is 4. The van der Waals surface area contributed by atoms with Crippen molar-refractivity contribution in [3.05, 3.63) is 23.8 Å². The van der Waals surface area contributed by atoms with Crippen LogP contribution in [0.1, 0.15) is 57.4 Å². The first-order chi connectivity index (χ1) is 14.2. The lowest BCUT2D eigenvalue weighted by atomic mass is 9.89. The first-order valence-electron chi connectivity index (χ1n) is 11.5. The molecule has 1 saturated carbocycles. The van der Waals surface area contributed by atoms with Gasteiger partial charge in [0.05, 0.1) is 6.61 Å². The van der Waals surface area contributed by atoms with Gasteiger partial charge in [0.2, 0.25) is 5.79 Å². The smallest absolute Gasteiger partial charge is 0.213 e. The van der Waals surface area contributed by atoms with Crippen molar-refractivity contribution < 1.29 is 13.7 Å². The van der Waals surface area contributed by atoms with Gasteiger partial charge in [0, 0.05) is 78.1 Å². The third kappa shape index (κ3) is 3.96. The van der Waals surface area contributed by atoms with Crippen LogP contribution in [0.3, 0.4) is 0 Å². The summed E-state index contributed by atoms with van der Waals surface area (Å²) in [6.45, 7) is 6.81. The van der Waals surface area contributed by atoms with Gasteiger partial charge in [0.25, 0.3) is 0 Å². The molecular formula is C23H34N2O3S. The average Bonchev–Trinajstić information content (AvgIpc) is 2.73. The van der Waals surface area contributed by atoms with Gasteiger partial charge in [-0.15, -0.1) is 0 Å². The summed E-state index contributed by atoms with van der Waals surface area (Å²) in [6.07, 6.45) is 8.09. The maximum Gasteiger partial charge on any atom is 0.213 e. The molecule has 3 fully saturated rings. The molecule has 1 atom stereocenters. The first kappa shape index (κ1) is 19.8. The van der Waals surface area contributed by atoms with E-state index in [1.54, 1.807) is 0 Å². The van der Waals surface area contributed by atoms with Crippen molar-refractivity contribution in [1.29, 1.82) is 0 Å². The molecule has 0 bridgehead atoms. The largest absolute Gasteiger partial charge is 0.462 e. The maximum absolute atomic E-state index is 12.1. The van der Waals surface area contributed by atoms with Gasteiger partial charge in [0.15, 0.2) is 0 Å². The second-order valence-electron chi connectivity index (χ2n) is 9.07. The molecule has 160 valence electrons. The zero-order chi connectivity index (χ0) is 19.8.